The molecule has 29 heavy (non-hydrogen) atoms. The van der Waals surface area contributed by atoms with E-state index >= 15 is 0 Å². The Morgan fingerprint density at radius 3 is 2.45 bits per heavy atom. The smallest absolute Gasteiger partial charge is 0.240 e. The molecule has 1 saturated carbocycles. The molecular weight excluding hydrogens is 412 g/mol. The number of carbonyl (C=O) groups excluding carboxylic acids is 1. The number of hydrogen-bond donors (Lipinski definition) is 2. The first-order chi connectivity index (χ1) is 13.8. The van der Waals surface area contributed by atoms with Crippen molar-refractivity contribution >= 4 is 27.5 Å². The van der Waals surface area contributed by atoms with Gasteiger partial charge in [-0.3, -0.25) is 4.79 Å². The Kier molecular flexibility index (Phi) is 6.82. The van der Waals surface area contributed by atoms with Gasteiger partial charge in [-0.15, -0.1) is 0 Å². The second kappa shape index (κ2) is 9.15. The molecule has 6 nitrogen and oxygen atoms in total. The molecule has 1 aliphatic rings. The van der Waals surface area contributed by atoms with Crippen LogP contribution >= 0.6 is 11.6 Å². The third kappa shape index (κ3) is 5.29. The first-order valence-corrected chi connectivity index (χ1v) is 11.4. The number of hydrogen-bond acceptors (Lipinski definition) is 4. The van der Waals surface area contributed by atoms with Crippen LogP contribution in [0.3, 0.4) is 0 Å². The minimum absolute atomic E-state index is 0.0133. The van der Waals surface area contributed by atoms with E-state index in [4.69, 9.17) is 16.3 Å². The molecule has 1 amide bonds. The van der Waals surface area contributed by atoms with Gasteiger partial charge in [-0.25, -0.2) is 13.1 Å². The molecule has 0 bridgehead atoms. The third-order valence-corrected chi connectivity index (χ3v) is 6.92. The first kappa shape index (κ1) is 21.6. The maximum absolute atomic E-state index is 12.6. The largest absolute Gasteiger partial charge is 0.497 e. The SMILES string of the molecule is COc1ccc(C2(NC(=O)CCNS(=O)(=O)c3cccc(Cl)c3)CCCC2)cc1. The van der Waals surface area contributed by atoms with Crippen molar-refractivity contribution in [3.8, 4) is 5.75 Å². The number of benzene rings is 2. The molecule has 3 rings (SSSR count). The van der Waals surface area contributed by atoms with Gasteiger partial charge in [0.05, 0.1) is 17.5 Å². The van der Waals surface area contributed by atoms with Gasteiger partial charge in [0.15, 0.2) is 0 Å². The average molecular weight is 437 g/mol. The van der Waals surface area contributed by atoms with Gasteiger partial charge in [0.2, 0.25) is 15.9 Å². The lowest BCUT2D eigenvalue weighted by Gasteiger charge is -2.31. The van der Waals surface area contributed by atoms with Crippen LogP contribution in [0.4, 0.5) is 0 Å². The summed E-state index contributed by atoms with van der Waals surface area (Å²) in [5.41, 5.74) is 0.637. The predicted octanol–water partition coefficient (Wildman–Crippen LogP) is 3.60. The molecule has 1 fully saturated rings. The Morgan fingerprint density at radius 2 is 1.83 bits per heavy atom. The van der Waals surface area contributed by atoms with Crippen LogP contribution in [0.1, 0.15) is 37.7 Å². The van der Waals surface area contributed by atoms with E-state index in [1.165, 1.54) is 12.1 Å². The van der Waals surface area contributed by atoms with Crippen molar-refractivity contribution in [1.82, 2.24) is 10.0 Å². The van der Waals surface area contributed by atoms with Crippen molar-refractivity contribution in [2.24, 2.45) is 0 Å². The summed E-state index contributed by atoms with van der Waals surface area (Å²) in [6.07, 6.45) is 3.84. The molecule has 1 aliphatic carbocycles. The summed E-state index contributed by atoms with van der Waals surface area (Å²) in [6.45, 7) is 0.0133. The van der Waals surface area contributed by atoms with Crippen LogP contribution in [0.5, 0.6) is 5.75 Å². The zero-order valence-electron chi connectivity index (χ0n) is 16.3. The Bertz CT molecular complexity index is 955. The topological polar surface area (TPSA) is 84.5 Å². The molecular formula is C21H25ClN2O4S. The zero-order chi connectivity index (χ0) is 20.9. The molecule has 0 spiro atoms. The fourth-order valence-electron chi connectivity index (χ4n) is 3.72. The molecule has 156 valence electrons. The molecule has 2 N–H and O–H groups in total. The summed E-state index contributed by atoms with van der Waals surface area (Å²) in [6, 6.07) is 13.8. The van der Waals surface area contributed by atoms with Crippen molar-refractivity contribution in [2.45, 2.75) is 42.5 Å². The standard InChI is InChI=1S/C21H25ClN2O4S/c1-28-18-9-7-16(8-10-18)21(12-2-3-13-21)24-20(25)11-14-23-29(26,27)19-6-4-5-17(22)15-19/h4-10,15,23H,2-3,11-14H2,1H3,(H,24,25). The molecule has 0 unspecified atom stereocenters. The molecule has 0 heterocycles. The Balaban J connectivity index is 1.61. The third-order valence-electron chi connectivity index (χ3n) is 5.23. The molecule has 2 aromatic rings. The Hall–Kier alpha value is -2.09. The molecule has 2 aromatic carbocycles. The molecule has 0 atom stereocenters. The van der Waals surface area contributed by atoms with E-state index in [0.717, 1.165) is 37.0 Å². The average Bonchev–Trinajstić information content (AvgIpc) is 3.17. The van der Waals surface area contributed by atoms with Crippen molar-refractivity contribution in [3.63, 3.8) is 0 Å². The Labute approximate surface area is 176 Å². The summed E-state index contributed by atoms with van der Waals surface area (Å²) in [4.78, 5) is 12.7. The summed E-state index contributed by atoms with van der Waals surface area (Å²) in [5, 5.41) is 3.49. The molecule has 0 radical (unpaired) electrons. The van der Waals surface area contributed by atoms with Crippen molar-refractivity contribution in [1.29, 1.82) is 0 Å². The summed E-state index contributed by atoms with van der Waals surface area (Å²) in [5.74, 6) is 0.583. The van der Waals surface area contributed by atoms with Crippen LogP contribution in [0, 0.1) is 0 Å². The number of ether oxygens (including phenoxy) is 1. The van der Waals surface area contributed by atoms with E-state index in [0.29, 0.717) is 5.02 Å². The van der Waals surface area contributed by atoms with Crippen LogP contribution < -0.4 is 14.8 Å². The van der Waals surface area contributed by atoms with Gasteiger partial charge in [0, 0.05) is 18.0 Å². The van der Waals surface area contributed by atoms with E-state index in [1.807, 2.05) is 24.3 Å². The second-order valence-electron chi connectivity index (χ2n) is 7.17. The van der Waals surface area contributed by atoms with Crippen molar-refractivity contribution in [3.05, 3.63) is 59.1 Å². The maximum atomic E-state index is 12.6. The number of carbonyl (C=O) groups is 1. The van der Waals surface area contributed by atoms with Gasteiger partial charge < -0.3 is 10.1 Å². The molecule has 0 saturated heterocycles. The zero-order valence-corrected chi connectivity index (χ0v) is 17.9. The molecule has 8 heteroatoms. The Morgan fingerprint density at radius 1 is 1.14 bits per heavy atom. The van der Waals surface area contributed by atoms with Crippen LogP contribution in [0.2, 0.25) is 5.02 Å². The highest BCUT2D eigenvalue weighted by Gasteiger charge is 2.36. The predicted molar refractivity (Wildman–Crippen MR) is 113 cm³/mol. The van der Waals surface area contributed by atoms with E-state index in [-0.39, 0.29) is 23.8 Å². The van der Waals surface area contributed by atoms with Crippen LogP contribution in [0.15, 0.2) is 53.4 Å². The van der Waals surface area contributed by atoms with Gasteiger partial charge in [-0.05, 0) is 48.7 Å². The number of methoxy groups -OCH3 is 1. The van der Waals surface area contributed by atoms with E-state index < -0.39 is 15.6 Å². The summed E-state index contributed by atoms with van der Waals surface area (Å²) in [7, 11) is -2.09. The quantitative estimate of drug-likeness (QED) is 0.662. The van der Waals surface area contributed by atoms with Crippen molar-refractivity contribution < 1.29 is 17.9 Å². The lowest BCUT2D eigenvalue weighted by atomic mass is 9.88. The minimum Gasteiger partial charge on any atom is -0.497 e. The van der Waals surface area contributed by atoms with Gasteiger partial charge in [-0.2, -0.15) is 0 Å². The number of sulfonamides is 1. The van der Waals surface area contributed by atoms with Gasteiger partial charge in [-0.1, -0.05) is 42.6 Å². The lowest BCUT2D eigenvalue weighted by molar-refractivity contribution is -0.123. The second-order valence-corrected chi connectivity index (χ2v) is 9.37. The summed E-state index contributed by atoms with van der Waals surface area (Å²) >= 11 is 5.86. The maximum Gasteiger partial charge on any atom is 0.240 e. The van der Waals surface area contributed by atoms with Gasteiger partial charge >= 0.3 is 0 Å². The van der Waals surface area contributed by atoms with Crippen molar-refractivity contribution in [2.75, 3.05) is 13.7 Å². The monoisotopic (exact) mass is 436 g/mol. The fraction of sp³-hybridized carbons (Fsp3) is 0.381. The lowest BCUT2D eigenvalue weighted by Crippen LogP contribution is -2.44. The normalized spacial score (nSPS) is 15.8. The number of halogens is 1. The van der Waals surface area contributed by atoms with Gasteiger partial charge in [0.25, 0.3) is 0 Å². The number of amides is 1. The van der Waals surface area contributed by atoms with E-state index in [2.05, 4.69) is 10.0 Å². The minimum atomic E-state index is -3.71. The molecule has 0 aromatic heterocycles. The summed E-state index contributed by atoms with van der Waals surface area (Å²) < 4.78 is 32.4. The van der Waals surface area contributed by atoms with Crippen LogP contribution in [-0.2, 0) is 20.4 Å². The van der Waals surface area contributed by atoms with Crippen LogP contribution in [0.25, 0.3) is 0 Å². The fourth-order valence-corrected chi connectivity index (χ4v) is 5.05. The first-order valence-electron chi connectivity index (χ1n) is 9.55. The van der Waals surface area contributed by atoms with Crippen LogP contribution in [-0.4, -0.2) is 28.0 Å². The van der Waals surface area contributed by atoms with E-state index in [9.17, 15) is 13.2 Å². The molecule has 0 aliphatic heterocycles. The highest BCUT2D eigenvalue weighted by Crippen LogP contribution is 2.39. The highest BCUT2D eigenvalue weighted by atomic mass is 35.5. The number of nitrogens with one attached hydrogen (secondary N) is 2. The highest BCUT2D eigenvalue weighted by molar-refractivity contribution is 7.89. The van der Waals surface area contributed by atoms with Gasteiger partial charge in [0.1, 0.15) is 5.75 Å². The van der Waals surface area contributed by atoms with E-state index in [1.54, 1.807) is 19.2 Å². The number of rotatable bonds is 8.